The molecule has 0 amide bonds. The summed E-state index contributed by atoms with van der Waals surface area (Å²) < 4.78 is 130. The predicted molar refractivity (Wildman–Crippen MR) is 110 cm³/mol. The second kappa shape index (κ2) is 9.91. The SMILES string of the molecule is [C-]#[N+]/N=C1C=C/C(=C(/C#N)[N+]#[C-])C=C\1N(c1c(F)c(C)c(F)c(F)c1F)c1c(F)c(F)c(F)c(F)c1F. The Morgan fingerprint density at radius 2 is 1.27 bits per heavy atom. The molecular formula is C23H6F9N5. The van der Waals surface area contributed by atoms with Crippen molar-refractivity contribution in [3.05, 3.63) is 116 Å². The van der Waals surface area contributed by atoms with Crippen LogP contribution in [0.4, 0.5) is 50.9 Å². The lowest BCUT2D eigenvalue weighted by atomic mass is 10.00. The highest BCUT2D eigenvalue weighted by atomic mass is 19.2. The smallest absolute Gasteiger partial charge is 0.269 e. The summed E-state index contributed by atoms with van der Waals surface area (Å²) in [5.41, 5.74) is -8.03. The van der Waals surface area contributed by atoms with Crippen molar-refractivity contribution in [1.82, 2.24) is 0 Å². The van der Waals surface area contributed by atoms with Crippen molar-refractivity contribution in [3.63, 3.8) is 0 Å². The van der Waals surface area contributed by atoms with Crippen molar-refractivity contribution in [2.24, 2.45) is 5.10 Å². The molecule has 0 heterocycles. The lowest BCUT2D eigenvalue weighted by molar-refractivity contribution is 0.379. The van der Waals surface area contributed by atoms with Gasteiger partial charge in [-0.3, -0.25) is 4.90 Å². The van der Waals surface area contributed by atoms with Gasteiger partial charge in [0.15, 0.2) is 52.2 Å². The number of allylic oxidation sites excluding steroid dienone is 5. The van der Waals surface area contributed by atoms with Crippen molar-refractivity contribution in [2.75, 3.05) is 4.90 Å². The van der Waals surface area contributed by atoms with Gasteiger partial charge in [0.2, 0.25) is 5.82 Å². The van der Waals surface area contributed by atoms with Gasteiger partial charge in [-0.05, 0) is 24.6 Å². The molecule has 2 aromatic rings. The molecule has 2 aromatic carbocycles. The van der Waals surface area contributed by atoms with E-state index < -0.39 is 92.0 Å². The maximum Gasteiger partial charge on any atom is 0.269 e. The van der Waals surface area contributed by atoms with Gasteiger partial charge >= 0.3 is 0 Å². The first kappa shape index (κ1) is 26.6. The molecule has 0 saturated heterocycles. The molecule has 3 rings (SSSR count). The van der Waals surface area contributed by atoms with Gasteiger partial charge < -0.3 is 0 Å². The van der Waals surface area contributed by atoms with Gasteiger partial charge in [0.1, 0.15) is 11.4 Å². The average Bonchev–Trinajstić information content (AvgIpc) is 2.89. The standard InChI is InChI=1S/C23H6F9N5/c1-8-13(24)15(26)19(30)22(14(8)25)37(23-20(31)17(28)16(27)18(29)21(23)32)12-6-9(11(7-33)34-2)4-5-10(12)36-35-3/h4-6H,1H3/b11-9+,36-10+. The highest BCUT2D eigenvalue weighted by molar-refractivity contribution is 6.14. The minimum Gasteiger partial charge on any atom is -0.297 e. The third-order valence-electron chi connectivity index (χ3n) is 4.96. The predicted octanol–water partition coefficient (Wildman–Crippen LogP) is 6.81. The van der Waals surface area contributed by atoms with E-state index in [4.69, 9.17) is 18.4 Å². The van der Waals surface area contributed by atoms with Gasteiger partial charge in [-0.15, -0.1) is 4.95 Å². The summed E-state index contributed by atoms with van der Waals surface area (Å²) in [6.07, 6.45) is 2.39. The second-order valence-corrected chi connectivity index (χ2v) is 6.96. The zero-order chi connectivity index (χ0) is 27.8. The molecule has 0 aliphatic heterocycles. The Morgan fingerprint density at radius 3 is 1.76 bits per heavy atom. The maximum absolute atomic E-state index is 15.2. The zero-order valence-corrected chi connectivity index (χ0v) is 17.9. The lowest BCUT2D eigenvalue weighted by Gasteiger charge is -2.30. The van der Waals surface area contributed by atoms with E-state index in [0.717, 1.165) is 12.2 Å². The summed E-state index contributed by atoms with van der Waals surface area (Å²) in [6, 6.07) is 1.44. The Labute approximate surface area is 201 Å². The normalized spacial score (nSPS) is 15.1. The van der Waals surface area contributed by atoms with Gasteiger partial charge in [-0.2, -0.15) is 6.57 Å². The molecule has 0 N–H and O–H groups in total. The van der Waals surface area contributed by atoms with E-state index in [2.05, 4.69) is 14.9 Å². The van der Waals surface area contributed by atoms with Crippen molar-refractivity contribution in [3.8, 4) is 6.07 Å². The molecule has 14 heteroatoms. The maximum atomic E-state index is 15.2. The number of nitrogens with zero attached hydrogens (tertiary/aromatic N) is 5. The minimum atomic E-state index is -2.65. The van der Waals surface area contributed by atoms with Crippen LogP contribution < -0.4 is 4.90 Å². The van der Waals surface area contributed by atoms with Crippen LogP contribution in [0.1, 0.15) is 5.56 Å². The van der Waals surface area contributed by atoms with Crippen LogP contribution in [-0.2, 0) is 0 Å². The Kier molecular flexibility index (Phi) is 7.12. The average molecular weight is 523 g/mol. The van der Waals surface area contributed by atoms with Crippen molar-refractivity contribution >= 4 is 17.1 Å². The summed E-state index contributed by atoms with van der Waals surface area (Å²) in [5, 5.41) is 12.4. The molecule has 5 nitrogen and oxygen atoms in total. The number of hydrogen-bond acceptors (Lipinski definition) is 3. The Hall–Kier alpha value is -5.03. The van der Waals surface area contributed by atoms with Crippen molar-refractivity contribution in [1.29, 1.82) is 5.26 Å². The zero-order valence-electron chi connectivity index (χ0n) is 17.9. The van der Waals surface area contributed by atoms with Crippen LogP contribution >= 0.6 is 0 Å². The van der Waals surface area contributed by atoms with Crippen LogP contribution in [0, 0.1) is 83.8 Å². The molecule has 0 aromatic heterocycles. The third-order valence-corrected chi connectivity index (χ3v) is 4.96. The first-order valence-electron chi connectivity index (χ1n) is 9.43. The van der Waals surface area contributed by atoms with E-state index in [9.17, 15) is 35.1 Å². The molecular weight excluding hydrogens is 517 g/mol. The van der Waals surface area contributed by atoms with Crippen LogP contribution in [-0.4, -0.2) is 5.71 Å². The molecule has 0 saturated carbocycles. The minimum absolute atomic E-state index is 0.344. The molecule has 0 spiro atoms. The third kappa shape index (κ3) is 4.17. The topological polar surface area (TPSA) is 48.1 Å². The van der Waals surface area contributed by atoms with Crippen molar-refractivity contribution in [2.45, 2.75) is 6.92 Å². The fourth-order valence-corrected chi connectivity index (χ4v) is 3.22. The highest BCUT2D eigenvalue weighted by Gasteiger charge is 2.38. The van der Waals surface area contributed by atoms with Crippen molar-refractivity contribution < 1.29 is 39.5 Å². The van der Waals surface area contributed by atoms with Crippen LogP contribution in [0.5, 0.6) is 0 Å². The summed E-state index contributed by atoms with van der Waals surface area (Å²) >= 11 is 0. The Bertz CT molecular complexity index is 1470. The van der Waals surface area contributed by atoms with Gasteiger partial charge in [0.05, 0.1) is 23.4 Å². The second-order valence-electron chi connectivity index (χ2n) is 6.96. The fraction of sp³-hybridized carbons (Fsp3) is 0.0435. The summed E-state index contributed by atoms with van der Waals surface area (Å²) in [7, 11) is 0. The van der Waals surface area contributed by atoms with E-state index in [0.29, 0.717) is 13.0 Å². The Balaban J connectivity index is 2.64. The van der Waals surface area contributed by atoms with Crippen LogP contribution in [0.25, 0.3) is 9.80 Å². The largest absolute Gasteiger partial charge is 0.297 e. The number of halogens is 9. The monoisotopic (exact) mass is 523 g/mol. The van der Waals surface area contributed by atoms with Crippen LogP contribution in [0.15, 0.2) is 40.3 Å². The van der Waals surface area contributed by atoms with E-state index in [-0.39, 0.29) is 4.90 Å². The van der Waals surface area contributed by atoms with E-state index in [1.54, 1.807) is 0 Å². The number of anilines is 2. The number of nitriles is 1. The van der Waals surface area contributed by atoms with Gasteiger partial charge in [0, 0.05) is 5.56 Å². The summed E-state index contributed by atoms with van der Waals surface area (Å²) in [6.45, 7) is 14.6. The van der Waals surface area contributed by atoms with E-state index >= 15 is 4.39 Å². The highest BCUT2D eigenvalue weighted by Crippen LogP contribution is 2.43. The van der Waals surface area contributed by atoms with Gasteiger partial charge in [-0.1, -0.05) is 6.08 Å². The summed E-state index contributed by atoms with van der Waals surface area (Å²) in [5.74, 6) is -22.0. The van der Waals surface area contributed by atoms with E-state index in [1.165, 1.54) is 6.07 Å². The van der Waals surface area contributed by atoms with Gasteiger partial charge in [-0.25, -0.2) is 49.6 Å². The Morgan fingerprint density at radius 1 is 0.784 bits per heavy atom. The number of hydrogen-bond donors (Lipinski definition) is 0. The fourth-order valence-electron chi connectivity index (χ4n) is 3.22. The molecule has 1 aliphatic carbocycles. The number of benzene rings is 2. The molecule has 1 aliphatic rings. The van der Waals surface area contributed by atoms with Crippen LogP contribution in [0.2, 0.25) is 0 Å². The molecule has 0 bridgehead atoms. The molecule has 0 radical (unpaired) electrons. The van der Waals surface area contributed by atoms with Crippen LogP contribution in [0.3, 0.4) is 0 Å². The summed E-state index contributed by atoms with van der Waals surface area (Å²) in [4.78, 5) is 5.16. The molecule has 0 atom stereocenters. The van der Waals surface area contributed by atoms with Gasteiger partial charge in [0.25, 0.3) is 5.70 Å². The molecule has 186 valence electrons. The molecule has 37 heavy (non-hydrogen) atoms. The molecule has 0 fully saturated rings. The first-order valence-corrected chi connectivity index (χ1v) is 9.43. The number of rotatable bonds is 3. The van der Waals surface area contributed by atoms with E-state index in [1.807, 2.05) is 0 Å². The quantitative estimate of drug-likeness (QED) is 0.111. The molecule has 0 unspecified atom stereocenters. The first-order chi connectivity index (χ1) is 17.4. The lowest BCUT2D eigenvalue weighted by Crippen LogP contribution is -2.29.